The van der Waals surface area contributed by atoms with Gasteiger partial charge in [0, 0.05) is 22.2 Å². The Balaban J connectivity index is 1.32. The molecule has 0 saturated carbocycles. The minimum atomic E-state index is -1.30. The highest BCUT2D eigenvalue weighted by atomic mass is 79.9. The molecule has 1 atom stereocenters. The zero-order chi connectivity index (χ0) is 24.5. The molecule has 0 bridgehead atoms. The third-order valence-corrected chi connectivity index (χ3v) is 6.72. The number of halogens is 1. The number of carbonyl (C=O) groups is 2. The number of hydrogen-bond donors (Lipinski definition) is 2. The van der Waals surface area contributed by atoms with Crippen molar-refractivity contribution in [1.29, 1.82) is 0 Å². The van der Waals surface area contributed by atoms with Gasteiger partial charge in [0.05, 0.1) is 11.4 Å². The molecule has 4 aromatic rings. The standard InChI is InChI=1S/C27H22BrN3O4/c1-16-23(14-31(30-16)18-12-10-17(28)11-13-18)25(26(32)33)29-27(34)35-15-24-21-8-4-2-6-19(21)20-7-3-5-9-22(20)24/h2-14,24-25H,15H2,1H3,(H,29,34)(H,32,33). The summed E-state index contributed by atoms with van der Waals surface area (Å²) >= 11 is 3.40. The van der Waals surface area contributed by atoms with Crippen LogP contribution in [0.5, 0.6) is 0 Å². The van der Waals surface area contributed by atoms with Crippen LogP contribution in [0.25, 0.3) is 16.8 Å². The Kier molecular flexibility index (Phi) is 6.13. The van der Waals surface area contributed by atoms with Crippen LogP contribution >= 0.6 is 15.9 Å². The van der Waals surface area contributed by atoms with Crippen LogP contribution in [-0.4, -0.2) is 33.6 Å². The Hall–Kier alpha value is -3.91. The van der Waals surface area contributed by atoms with Gasteiger partial charge in [0.25, 0.3) is 0 Å². The van der Waals surface area contributed by atoms with Crippen LogP contribution in [0, 0.1) is 6.92 Å². The lowest BCUT2D eigenvalue weighted by molar-refractivity contribution is -0.139. The molecule has 5 rings (SSSR count). The van der Waals surface area contributed by atoms with Crippen molar-refractivity contribution < 1.29 is 19.4 Å². The van der Waals surface area contributed by atoms with Crippen molar-refractivity contribution in [1.82, 2.24) is 15.1 Å². The maximum Gasteiger partial charge on any atom is 0.408 e. The molecule has 1 heterocycles. The highest BCUT2D eigenvalue weighted by Gasteiger charge is 2.31. The Morgan fingerprint density at radius 2 is 1.63 bits per heavy atom. The Morgan fingerprint density at radius 3 is 2.23 bits per heavy atom. The highest BCUT2D eigenvalue weighted by Crippen LogP contribution is 2.44. The van der Waals surface area contributed by atoms with Gasteiger partial charge in [-0.2, -0.15) is 5.10 Å². The van der Waals surface area contributed by atoms with Gasteiger partial charge in [-0.15, -0.1) is 0 Å². The molecule has 7 nitrogen and oxygen atoms in total. The SMILES string of the molecule is Cc1nn(-c2ccc(Br)cc2)cc1C(NC(=O)OCC1c2ccccc2-c2ccccc21)C(=O)O. The van der Waals surface area contributed by atoms with E-state index in [0.717, 1.165) is 32.4 Å². The van der Waals surface area contributed by atoms with E-state index in [1.54, 1.807) is 17.8 Å². The summed E-state index contributed by atoms with van der Waals surface area (Å²) in [4.78, 5) is 24.8. The summed E-state index contributed by atoms with van der Waals surface area (Å²) in [6, 6.07) is 22.2. The van der Waals surface area contributed by atoms with E-state index < -0.39 is 18.1 Å². The van der Waals surface area contributed by atoms with Gasteiger partial charge in [0.15, 0.2) is 6.04 Å². The first-order valence-corrected chi connectivity index (χ1v) is 11.9. The molecule has 1 aromatic heterocycles. The minimum absolute atomic E-state index is 0.101. The second kappa shape index (κ2) is 9.38. The van der Waals surface area contributed by atoms with Gasteiger partial charge in [0.1, 0.15) is 6.61 Å². The van der Waals surface area contributed by atoms with E-state index in [2.05, 4.69) is 38.5 Å². The Morgan fingerprint density at radius 1 is 1.03 bits per heavy atom. The lowest BCUT2D eigenvalue weighted by Crippen LogP contribution is -2.35. The van der Waals surface area contributed by atoms with Crippen LogP contribution in [0.2, 0.25) is 0 Å². The molecule has 1 aliphatic carbocycles. The highest BCUT2D eigenvalue weighted by molar-refractivity contribution is 9.10. The molecule has 0 fully saturated rings. The third kappa shape index (κ3) is 4.44. The minimum Gasteiger partial charge on any atom is -0.479 e. The second-order valence-corrected chi connectivity index (χ2v) is 9.25. The van der Waals surface area contributed by atoms with E-state index in [9.17, 15) is 14.7 Å². The molecule has 2 N–H and O–H groups in total. The Labute approximate surface area is 210 Å². The number of amides is 1. The van der Waals surface area contributed by atoms with Crippen molar-refractivity contribution >= 4 is 28.0 Å². The zero-order valence-corrected chi connectivity index (χ0v) is 20.4. The molecule has 0 aliphatic heterocycles. The van der Waals surface area contributed by atoms with Crippen LogP contribution in [0.4, 0.5) is 4.79 Å². The van der Waals surface area contributed by atoms with Crippen LogP contribution in [0.1, 0.15) is 34.3 Å². The van der Waals surface area contributed by atoms with Gasteiger partial charge < -0.3 is 15.2 Å². The van der Waals surface area contributed by atoms with E-state index in [0.29, 0.717) is 11.3 Å². The molecule has 0 saturated heterocycles. The molecule has 1 aliphatic rings. The summed E-state index contributed by atoms with van der Waals surface area (Å²) in [5.74, 6) is -1.31. The van der Waals surface area contributed by atoms with Crippen molar-refractivity contribution in [3.8, 4) is 16.8 Å². The quantitative estimate of drug-likeness (QED) is 0.337. The van der Waals surface area contributed by atoms with Crippen molar-refractivity contribution in [3.63, 3.8) is 0 Å². The number of aliphatic carboxylic acids is 1. The number of hydrogen-bond acceptors (Lipinski definition) is 4. The first-order chi connectivity index (χ1) is 16.9. The number of nitrogens with one attached hydrogen (secondary N) is 1. The topological polar surface area (TPSA) is 93.5 Å². The van der Waals surface area contributed by atoms with Gasteiger partial charge in [0.2, 0.25) is 0 Å². The average Bonchev–Trinajstić information content (AvgIpc) is 3.39. The number of ether oxygens (including phenoxy) is 1. The second-order valence-electron chi connectivity index (χ2n) is 8.33. The molecule has 176 valence electrons. The largest absolute Gasteiger partial charge is 0.479 e. The molecule has 1 amide bonds. The predicted molar refractivity (Wildman–Crippen MR) is 135 cm³/mol. The molecule has 8 heteroatoms. The molecule has 0 spiro atoms. The van der Waals surface area contributed by atoms with Crippen molar-refractivity contribution in [2.45, 2.75) is 18.9 Å². The summed E-state index contributed by atoms with van der Waals surface area (Å²) in [5, 5.41) is 16.8. The molecular formula is C27H22BrN3O4. The summed E-state index contributed by atoms with van der Waals surface area (Å²) < 4.78 is 8.05. The number of aromatic nitrogens is 2. The number of carboxylic acids is 1. The van der Waals surface area contributed by atoms with Crippen LogP contribution in [0.3, 0.4) is 0 Å². The van der Waals surface area contributed by atoms with Crippen molar-refractivity contribution in [3.05, 3.63) is 106 Å². The summed E-state index contributed by atoms with van der Waals surface area (Å²) in [6.07, 6.45) is 0.816. The van der Waals surface area contributed by atoms with Crippen LogP contribution in [0.15, 0.2) is 83.5 Å². The van der Waals surface area contributed by atoms with Gasteiger partial charge in [-0.3, -0.25) is 0 Å². The van der Waals surface area contributed by atoms with E-state index in [1.807, 2.05) is 60.7 Å². The molecule has 1 unspecified atom stereocenters. The monoisotopic (exact) mass is 531 g/mol. The normalized spacial score (nSPS) is 13.1. The number of nitrogens with zero attached hydrogens (tertiary/aromatic N) is 2. The molecular weight excluding hydrogens is 510 g/mol. The van der Waals surface area contributed by atoms with Crippen LogP contribution in [-0.2, 0) is 9.53 Å². The van der Waals surface area contributed by atoms with Crippen molar-refractivity contribution in [2.24, 2.45) is 0 Å². The smallest absolute Gasteiger partial charge is 0.408 e. The predicted octanol–water partition coefficient (Wildman–Crippen LogP) is 5.61. The number of benzene rings is 3. The molecule has 35 heavy (non-hydrogen) atoms. The first kappa shape index (κ1) is 22.9. The first-order valence-electron chi connectivity index (χ1n) is 11.1. The zero-order valence-electron chi connectivity index (χ0n) is 18.8. The third-order valence-electron chi connectivity index (χ3n) is 6.19. The molecule has 0 radical (unpaired) electrons. The Bertz CT molecular complexity index is 1370. The van der Waals surface area contributed by atoms with E-state index in [-0.39, 0.29) is 12.5 Å². The number of aryl methyl sites for hydroxylation is 1. The fraction of sp³-hybridized carbons (Fsp3) is 0.148. The lowest BCUT2D eigenvalue weighted by atomic mass is 9.98. The number of carbonyl (C=O) groups excluding carboxylic acids is 1. The number of fused-ring (bicyclic) bond motifs is 3. The van der Waals surface area contributed by atoms with E-state index >= 15 is 0 Å². The number of rotatable bonds is 6. The average molecular weight is 532 g/mol. The summed E-state index contributed by atoms with van der Waals surface area (Å²) in [5.41, 5.74) is 6.07. The van der Waals surface area contributed by atoms with Gasteiger partial charge in [-0.1, -0.05) is 64.5 Å². The van der Waals surface area contributed by atoms with Gasteiger partial charge >= 0.3 is 12.1 Å². The maximum atomic E-state index is 12.7. The number of alkyl carbamates (subject to hydrolysis) is 1. The maximum absolute atomic E-state index is 12.7. The van der Waals surface area contributed by atoms with Crippen molar-refractivity contribution in [2.75, 3.05) is 6.61 Å². The van der Waals surface area contributed by atoms with E-state index in [1.165, 1.54) is 0 Å². The lowest BCUT2D eigenvalue weighted by Gasteiger charge is -2.17. The van der Waals surface area contributed by atoms with E-state index in [4.69, 9.17) is 4.74 Å². The summed E-state index contributed by atoms with van der Waals surface area (Å²) in [6.45, 7) is 1.81. The number of carboxylic acid groups (broad SMARTS) is 1. The van der Waals surface area contributed by atoms with Crippen LogP contribution < -0.4 is 5.32 Å². The fourth-order valence-electron chi connectivity index (χ4n) is 4.51. The van der Waals surface area contributed by atoms with Gasteiger partial charge in [-0.05, 0) is 53.4 Å². The fourth-order valence-corrected chi connectivity index (χ4v) is 4.78. The van der Waals surface area contributed by atoms with Gasteiger partial charge in [-0.25, -0.2) is 14.3 Å². The summed E-state index contributed by atoms with van der Waals surface area (Å²) in [7, 11) is 0. The molecule has 3 aromatic carbocycles.